The van der Waals surface area contributed by atoms with E-state index < -0.39 is 40.1 Å². The van der Waals surface area contributed by atoms with Gasteiger partial charge in [-0.15, -0.1) is 0 Å². The number of anilines is 4. The number of hydrogen-bond donors (Lipinski definition) is 4. The van der Waals surface area contributed by atoms with Crippen molar-refractivity contribution in [1.82, 2.24) is 35.8 Å². The average Bonchev–Trinajstić information content (AvgIpc) is 1.62. The van der Waals surface area contributed by atoms with Gasteiger partial charge in [-0.25, -0.2) is 43.0 Å². The van der Waals surface area contributed by atoms with Crippen molar-refractivity contribution in [3.63, 3.8) is 0 Å². The molecule has 4 aliphatic rings. The molecule has 16 rings (SSSR count). The Kier molecular flexibility index (Phi) is 24.2. The fourth-order valence-corrected chi connectivity index (χ4v) is 21.8. The van der Waals surface area contributed by atoms with E-state index in [1.165, 1.54) is 34.3 Å². The van der Waals surface area contributed by atoms with Crippen molar-refractivity contribution in [2.75, 3.05) is 58.5 Å². The van der Waals surface area contributed by atoms with Gasteiger partial charge >= 0.3 is 0 Å². The Morgan fingerprint density at radius 3 is 1.18 bits per heavy atom. The van der Waals surface area contributed by atoms with E-state index in [1.54, 1.807) is 88.7 Å². The predicted octanol–water partition coefficient (Wildman–Crippen LogP) is 15.2. The topological polar surface area (TPSA) is 263 Å². The Morgan fingerprint density at radius 1 is 0.409 bits per heavy atom. The lowest BCUT2D eigenvalue weighted by Crippen LogP contribution is -2.26. The zero-order chi connectivity index (χ0) is 77.5. The number of nitrogens with one attached hydrogen (secondary N) is 4. The Labute approximate surface area is 653 Å². The summed E-state index contributed by atoms with van der Waals surface area (Å²) in [7, 11) is -7.98. The maximum atomic E-state index is 13.3. The van der Waals surface area contributed by atoms with Crippen molar-refractivity contribution >= 4 is 85.7 Å². The number of rotatable bonds is 18. The van der Waals surface area contributed by atoms with Crippen molar-refractivity contribution in [3.8, 4) is 0 Å². The second-order valence-corrected chi connectivity index (χ2v) is 36.9. The Bertz CT molecular complexity index is 5500. The van der Waals surface area contributed by atoms with Crippen LogP contribution in [0.1, 0.15) is 139 Å². The fourth-order valence-electron chi connectivity index (χ4n) is 14.4. The van der Waals surface area contributed by atoms with Crippen LogP contribution >= 0.6 is 22.9 Å². The number of fused-ring (bicyclic) bond motifs is 8. The molecule has 4 atom stereocenters. The molecule has 572 valence electrons. The molecule has 8 aromatic carbocycles. The molecular formula is C83H89N11O10S6. The van der Waals surface area contributed by atoms with Crippen LogP contribution in [0.4, 0.5) is 22.7 Å². The summed E-state index contributed by atoms with van der Waals surface area (Å²) in [6, 6.07) is 54.6. The SMILES string of the molecule is Cc1ccc2c(c1)S(=O)(=O)N(C)c1ccccc1C2NCCCCCCc1ncco1.Cc1ccc2c(c1)S(=O)(=O)N(C)c1ccccc1C2NCCc1ccsc1.Cc1ccc2c(c1)S(=O)(=O)N(C)c1ccccc1C2NCc1cnoc1.Cc1ccc2c(c1)S(=O)(=O)N(C)c1ccccc1C2NCc1cnsc1. The van der Waals surface area contributed by atoms with E-state index >= 15 is 0 Å². The number of benzene rings is 8. The number of unbranched alkanes of at least 4 members (excludes halogenated alkanes) is 3. The molecule has 0 amide bonds. The van der Waals surface area contributed by atoms with Gasteiger partial charge in [-0.1, -0.05) is 139 Å². The van der Waals surface area contributed by atoms with Gasteiger partial charge in [-0.05, 0) is 208 Å². The zero-order valence-electron chi connectivity index (χ0n) is 62.4. The summed E-state index contributed by atoms with van der Waals surface area (Å²) in [6.45, 7) is 10.4. The molecular weight excluding hydrogens is 1500 g/mol. The van der Waals surface area contributed by atoms with Crippen molar-refractivity contribution in [3.05, 3.63) is 313 Å². The maximum Gasteiger partial charge on any atom is 0.264 e. The number of hydrogen-bond acceptors (Lipinski definition) is 19. The number of nitrogens with zero attached hydrogens (tertiary/aromatic N) is 7. The molecule has 0 fully saturated rings. The van der Waals surface area contributed by atoms with Gasteiger partial charge in [0.25, 0.3) is 40.1 Å². The van der Waals surface area contributed by atoms with Crippen LogP contribution in [0.3, 0.4) is 0 Å². The summed E-state index contributed by atoms with van der Waals surface area (Å²) in [5.74, 6) is 0.797. The third kappa shape index (κ3) is 16.7. The zero-order valence-corrected chi connectivity index (χ0v) is 67.3. The van der Waals surface area contributed by atoms with Gasteiger partial charge in [0.1, 0.15) is 12.5 Å². The number of aromatic nitrogens is 3. The van der Waals surface area contributed by atoms with E-state index in [1.807, 2.05) is 185 Å². The highest BCUT2D eigenvalue weighted by Crippen LogP contribution is 2.45. The molecule has 12 aromatic rings. The number of oxazole rings is 1. The molecule has 0 saturated heterocycles. The summed E-state index contributed by atoms with van der Waals surface area (Å²) >= 11 is 3.10. The third-order valence-corrected chi connectivity index (χ3v) is 29.0. The molecule has 21 nitrogen and oxygen atoms in total. The van der Waals surface area contributed by atoms with Crippen molar-refractivity contribution < 1.29 is 42.6 Å². The minimum absolute atomic E-state index is 0.168. The maximum absolute atomic E-state index is 13.3. The van der Waals surface area contributed by atoms with E-state index in [9.17, 15) is 33.7 Å². The van der Waals surface area contributed by atoms with Crippen LogP contribution in [-0.4, -0.2) is 89.5 Å². The van der Waals surface area contributed by atoms with Crippen molar-refractivity contribution in [1.29, 1.82) is 0 Å². The van der Waals surface area contributed by atoms with Crippen molar-refractivity contribution in [2.45, 2.75) is 123 Å². The van der Waals surface area contributed by atoms with Crippen LogP contribution in [0.15, 0.2) is 252 Å². The lowest BCUT2D eigenvalue weighted by atomic mass is 9.96. The van der Waals surface area contributed by atoms with Crippen molar-refractivity contribution in [2.24, 2.45) is 0 Å². The summed E-state index contributed by atoms with van der Waals surface area (Å²) in [6.07, 6.45) is 14.4. The summed E-state index contributed by atoms with van der Waals surface area (Å²) in [5, 5.41) is 24.2. The first kappa shape index (κ1) is 78.5. The van der Waals surface area contributed by atoms with Gasteiger partial charge < -0.3 is 30.2 Å². The van der Waals surface area contributed by atoms with Gasteiger partial charge in [0.2, 0.25) is 0 Å². The van der Waals surface area contributed by atoms with Crippen LogP contribution in [-0.2, 0) is 66.0 Å². The highest BCUT2D eigenvalue weighted by Gasteiger charge is 2.39. The first-order valence-corrected chi connectivity index (χ1v) is 43.8. The van der Waals surface area contributed by atoms with Crippen LogP contribution in [0, 0.1) is 27.7 Å². The quantitative estimate of drug-likeness (QED) is 0.0582. The summed E-state index contributed by atoms with van der Waals surface area (Å²) in [4.78, 5) is 5.61. The first-order valence-electron chi connectivity index (χ1n) is 36.3. The monoisotopic (exact) mass is 1590 g/mol. The molecule has 110 heavy (non-hydrogen) atoms. The highest BCUT2D eigenvalue weighted by atomic mass is 32.2. The van der Waals surface area contributed by atoms with Gasteiger partial charge in [-0.3, -0.25) is 17.2 Å². The average molecular weight is 1590 g/mol. The van der Waals surface area contributed by atoms with E-state index in [0.29, 0.717) is 44.0 Å². The summed E-state index contributed by atoms with van der Waals surface area (Å²) < 4.78 is 126. The van der Waals surface area contributed by atoms with E-state index in [2.05, 4.69) is 52.6 Å². The van der Waals surface area contributed by atoms with E-state index in [4.69, 9.17) is 8.94 Å². The largest absolute Gasteiger partial charge is 0.449 e. The molecule has 4 aliphatic heterocycles. The molecule has 0 aliphatic carbocycles. The van der Waals surface area contributed by atoms with E-state index in [-0.39, 0.29) is 24.2 Å². The normalized spacial score (nSPS) is 17.7. The number of para-hydroxylation sites is 4. The van der Waals surface area contributed by atoms with Crippen LogP contribution in [0.5, 0.6) is 0 Å². The van der Waals surface area contributed by atoms with Gasteiger partial charge in [-0.2, -0.15) is 11.3 Å². The Hall–Kier alpha value is -9.65. The predicted molar refractivity (Wildman–Crippen MR) is 435 cm³/mol. The van der Waals surface area contributed by atoms with Crippen LogP contribution < -0.4 is 38.5 Å². The molecule has 4 N–H and O–H groups in total. The second-order valence-electron chi connectivity index (χ2n) is 27.7. The lowest BCUT2D eigenvalue weighted by Gasteiger charge is -2.22. The first-order chi connectivity index (χ1) is 52.9. The molecule has 4 aromatic heterocycles. The van der Waals surface area contributed by atoms with Gasteiger partial charge in [0.15, 0.2) is 5.89 Å². The van der Waals surface area contributed by atoms with Crippen LogP contribution in [0.25, 0.3) is 0 Å². The minimum atomic E-state index is -3.64. The molecule has 8 heterocycles. The molecule has 0 spiro atoms. The van der Waals surface area contributed by atoms with Crippen LogP contribution in [0.2, 0.25) is 0 Å². The van der Waals surface area contributed by atoms with Gasteiger partial charge in [0.05, 0.1) is 78.9 Å². The number of aryl methyl sites for hydroxylation is 5. The number of thiophene rings is 1. The van der Waals surface area contributed by atoms with E-state index in [0.717, 1.165) is 147 Å². The summed E-state index contributed by atoms with van der Waals surface area (Å²) in [5.41, 5.74) is 16.8. The van der Waals surface area contributed by atoms with Gasteiger partial charge in [0, 0.05) is 71.4 Å². The third-order valence-electron chi connectivity index (χ3n) is 20.3. The Balaban J connectivity index is 0.000000129. The number of sulfonamides is 4. The smallest absolute Gasteiger partial charge is 0.264 e. The molecule has 0 bridgehead atoms. The minimum Gasteiger partial charge on any atom is -0.449 e. The standard InChI is InChI=1S/C24H29N3O3S.C21H22N2O2S2.C19H19N3O3S.C19H19N3O2S2/c1-18-12-13-20-22(17-18)31(28,29)27(2)21-10-7-6-9-19(21)24(20)26-14-8-4-3-5-11-23-25-15-16-30-23;1-15-7-8-18-20(13-15)27(24,25)23(2)19-6-4-3-5-17(19)21(18)22-11-9-16-10-12-26-14-16;2*1-13-7-8-16-18(9-13)26(23,24)22(2)17-6-4-3-5-15(17)19(16)20-10-14-11-21-25-12-14/h6-7,9-10,12-13,15-17,24,26H,3-5,8,11,14H2,1-2H3;3-8,10,12-14,21-22H,9,11H2,1-2H3;2*3-9,11-12,19-20H,10H2,1-2H3. The lowest BCUT2D eigenvalue weighted by molar-refractivity contribution is 0.418. The molecule has 4 unspecified atom stereocenters. The second kappa shape index (κ2) is 33.9. The fraction of sp³-hybridized carbons (Fsp3) is 0.265. The molecule has 27 heteroatoms. The molecule has 0 saturated carbocycles. The highest BCUT2D eigenvalue weighted by molar-refractivity contribution is 7.93. The molecule has 0 radical (unpaired) electrons. The Morgan fingerprint density at radius 2 is 0.809 bits per heavy atom.